The average Bonchev–Trinajstić information content (AvgIpc) is 2.23. The molecule has 1 aromatic carbocycles. The molecule has 0 unspecified atom stereocenters. The fraction of sp³-hybridized carbons (Fsp3) is 0.571. The van der Waals surface area contributed by atoms with E-state index >= 15 is 0 Å². The predicted octanol–water partition coefficient (Wildman–Crippen LogP) is 4.43. The van der Waals surface area contributed by atoms with Gasteiger partial charge in [-0.05, 0) is 43.2 Å². The highest BCUT2D eigenvalue weighted by molar-refractivity contribution is 5.27. The summed E-state index contributed by atoms with van der Waals surface area (Å²) in [7, 11) is 0. The van der Waals surface area contributed by atoms with Crippen LogP contribution >= 0.6 is 0 Å². The van der Waals surface area contributed by atoms with Crippen molar-refractivity contribution in [3.05, 3.63) is 35.1 Å². The lowest BCUT2D eigenvalue weighted by atomic mass is 9.79. The maximum absolute atomic E-state index is 13.7. The quantitative estimate of drug-likeness (QED) is 0.637. The molecular weight excluding hydrogens is 187 g/mol. The van der Waals surface area contributed by atoms with E-state index in [1.807, 2.05) is 19.1 Å². The molecule has 1 heteroatoms. The number of hydrogen-bond acceptors (Lipinski definition) is 0. The van der Waals surface area contributed by atoms with Crippen LogP contribution < -0.4 is 0 Å². The van der Waals surface area contributed by atoms with Gasteiger partial charge in [0.15, 0.2) is 0 Å². The summed E-state index contributed by atoms with van der Waals surface area (Å²) in [4.78, 5) is 0. The Hall–Kier alpha value is -0.850. The molecule has 0 N–H and O–H groups in total. The Balaban J connectivity index is 2.18. The number of rotatable bonds is 1. The highest BCUT2D eigenvalue weighted by Crippen LogP contribution is 2.36. The summed E-state index contributed by atoms with van der Waals surface area (Å²) in [5, 5.41) is 0. The molecule has 0 bridgehead atoms. The maximum Gasteiger partial charge on any atom is 0.126 e. The third kappa shape index (κ3) is 2.39. The first-order chi connectivity index (χ1) is 7.16. The van der Waals surface area contributed by atoms with Gasteiger partial charge in [0.1, 0.15) is 5.82 Å². The summed E-state index contributed by atoms with van der Waals surface area (Å²) >= 11 is 0. The zero-order valence-corrected chi connectivity index (χ0v) is 9.59. The molecule has 0 radical (unpaired) electrons. The lowest BCUT2D eigenvalue weighted by Gasteiger charge is -2.26. The molecule has 0 amide bonds. The molecule has 0 atom stereocenters. The first-order valence-electron chi connectivity index (χ1n) is 5.93. The predicted molar refractivity (Wildman–Crippen MR) is 61.5 cm³/mol. The second-order valence-corrected chi connectivity index (χ2v) is 4.98. The monoisotopic (exact) mass is 206 g/mol. The van der Waals surface area contributed by atoms with E-state index in [0.29, 0.717) is 5.92 Å². The van der Waals surface area contributed by atoms with Crippen molar-refractivity contribution in [1.29, 1.82) is 0 Å². The topological polar surface area (TPSA) is 0 Å². The van der Waals surface area contributed by atoms with Crippen LogP contribution in [-0.4, -0.2) is 0 Å². The fourth-order valence-corrected chi connectivity index (χ4v) is 2.55. The second-order valence-electron chi connectivity index (χ2n) is 4.98. The highest BCUT2D eigenvalue weighted by Gasteiger charge is 2.21. The van der Waals surface area contributed by atoms with Crippen molar-refractivity contribution in [3.63, 3.8) is 0 Å². The van der Waals surface area contributed by atoms with E-state index in [9.17, 15) is 4.39 Å². The molecule has 0 aromatic heterocycles. The van der Waals surface area contributed by atoms with Crippen LogP contribution in [0, 0.1) is 18.7 Å². The van der Waals surface area contributed by atoms with E-state index in [-0.39, 0.29) is 5.82 Å². The smallest absolute Gasteiger partial charge is 0.126 e. The van der Waals surface area contributed by atoms with Crippen molar-refractivity contribution in [2.75, 3.05) is 0 Å². The van der Waals surface area contributed by atoms with E-state index in [0.717, 1.165) is 24.3 Å². The maximum atomic E-state index is 13.7. The third-order valence-corrected chi connectivity index (χ3v) is 3.61. The largest absolute Gasteiger partial charge is 0.207 e. The van der Waals surface area contributed by atoms with Crippen LogP contribution in [0.5, 0.6) is 0 Å². The second kappa shape index (κ2) is 4.34. The molecule has 15 heavy (non-hydrogen) atoms. The van der Waals surface area contributed by atoms with Crippen LogP contribution in [0.1, 0.15) is 49.7 Å². The van der Waals surface area contributed by atoms with Gasteiger partial charge in [0.25, 0.3) is 0 Å². The van der Waals surface area contributed by atoms with E-state index < -0.39 is 0 Å². The normalized spacial score (nSPS) is 26.6. The lowest BCUT2D eigenvalue weighted by Crippen LogP contribution is -2.12. The SMILES string of the molecule is Cc1ccc(F)c(C2CCC(C)CC2)c1. The number of halogens is 1. The van der Waals surface area contributed by atoms with Gasteiger partial charge in [-0.15, -0.1) is 0 Å². The average molecular weight is 206 g/mol. The Bertz CT molecular complexity index is 335. The van der Waals surface area contributed by atoms with Gasteiger partial charge in [0.2, 0.25) is 0 Å². The highest BCUT2D eigenvalue weighted by atomic mass is 19.1. The summed E-state index contributed by atoms with van der Waals surface area (Å²) in [6.45, 7) is 4.33. The Morgan fingerprint density at radius 3 is 2.47 bits per heavy atom. The summed E-state index contributed by atoms with van der Waals surface area (Å²) in [5.41, 5.74) is 2.12. The van der Waals surface area contributed by atoms with E-state index in [2.05, 4.69) is 6.92 Å². The van der Waals surface area contributed by atoms with Gasteiger partial charge < -0.3 is 0 Å². The van der Waals surface area contributed by atoms with Gasteiger partial charge in [-0.1, -0.05) is 37.5 Å². The van der Waals surface area contributed by atoms with Crippen molar-refractivity contribution in [3.8, 4) is 0 Å². The molecule has 1 aliphatic carbocycles. The van der Waals surface area contributed by atoms with Crippen molar-refractivity contribution in [1.82, 2.24) is 0 Å². The molecule has 1 aliphatic rings. The minimum atomic E-state index is -0.0137. The van der Waals surface area contributed by atoms with Crippen molar-refractivity contribution in [2.24, 2.45) is 5.92 Å². The Morgan fingerprint density at radius 2 is 1.80 bits per heavy atom. The van der Waals surface area contributed by atoms with Crippen molar-refractivity contribution >= 4 is 0 Å². The van der Waals surface area contributed by atoms with Crippen LogP contribution in [-0.2, 0) is 0 Å². The van der Waals surface area contributed by atoms with Crippen LogP contribution in [0.25, 0.3) is 0 Å². The third-order valence-electron chi connectivity index (χ3n) is 3.61. The Labute approximate surface area is 91.5 Å². The van der Waals surface area contributed by atoms with Crippen molar-refractivity contribution in [2.45, 2.75) is 45.4 Å². The van der Waals surface area contributed by atoms with Gasteiger partial charge in [-0.2, -0.15) is 0 Å². The van der Waals surface area contributed by atoms with Crippen LogP contribution in [0.2, 0.25) is 0 Å². The van der Waals surface area contributed by atoms with Gasteiger partial charge in [-0.3, -0.25) is 0 Å². The minimum Gasteiger partial charge on any atom is -0.207 e. The number of benzene rings is 1. The molecule has 1 aromatic rings. The number of hydrogen-bond donors (Lipinski definition) is 0. The molecule has 2 rings (SSSR count). The fourth-order valence-electron chi connectivity index (χ4n) is 2.55. The molecule has 0 spiro atoms. The lowest BCUT2D eigenvalue weighted by molar-refractivity contribution is 0.342. The van der Waals surface area contributed by atoms with E-state index in [1.54, 1.807) is 6.07 Å². The van der Waals surface area contributed by atoms with E-state index in [4.69, 9.17) is 0 Å². The van der Waals surface area contributed by atoms with Gasteiger partial charge >= 0.3 is 0 Å². The molecule has 1 saturated carbocycles. The first-order valence-corrected chi connectivity index (χ1v) is 5.93. The molecule has 0 aliphatic heterocycles. The zero-order chi connectivity index (χ0) is 10.8. The van der Waals surface area contributed by atoms with Gasteiger partial charge in [-0.25, -0.2) is 4.39 Å². The van der Waals surface area contributed by atoms with Crippen LogP contribution in [0.3, 0.4) is 0 Å². The summed E-state index contributed by atoms with van der Waals surface area (Å²) in [6.07, 6.45) is 4.80. The molecule has 0 heterocycles. The molecule has 0 nitrogen and oxygen atoms in total. The minimum absolute atomic E-state index is 0.0137. The summed E-state index contributed by atoms with van der Waals surface area (Å²) in [5.74, 6) is 1.27. The van der Waals surface area contributed by atoms with Crippen LogP contribution in [0.15, 0.2) is 18.2 Å². The molecule has 82 valence electrons. The van der Waals surface area contributed by atoms with Crippen LogP contribution in [0.4, 0.5) is 4.39 Å². The summed E-state index contributed by atoms with van der Waals surface area (Å²) < 4.78 is 13.7. The zero-order valence-electron chi connectivity index (χ0n) is 9.59. The number of aryl methyl sites for hydroxylation is 1. The Morgan fingerprint density at radius 1 is 1.13 bits per heavy atom. The van der Waals surface area contributed by atoms with Crippen molar-refractivity contribution < 1.29 is 4.39 Å². The standard InChI is InChI=1S/C14H19F/c1-10-3-6-12(7-4-10)13-9-11(2)5-8-14(13)15/h5,8-10,12H,3-4,6-7H2,1-2H3. The Kier molecular flexibility index (Phi) is 3.08. The molecular formula is C14H19F. The van der Waals surface area contributed by atoms with Gasteiger partial charge in [0.05, 0.1) is 0 Å². The van der Waals surface area contributed by atoms with Gasteiger partial charge in [0, 0.05) is 0 Å². The summed E-state index contributed by atoms with van der Waals surface area (Å²) in [6, 6.07) is 5.49. The first kappa shape index (κ1) is 10.7. The van der Waals surface area contributed by atoms with E-state index in [1.165, 1.54) is 18.4 Å². The molecule has 1 fully saturated rings. The molecule has 0 saturated heterocycles.